The maximum absolute atomic E-state index is 11.8. The number of aromatic nitrogens is 2. The zero-order valence-corrected chi connectivity index (χ0v) is 12.1. The Balaban J connectivity index is 2.33. The number of ether oxygens (including phenoxy) is 2. The van der Waals surface area contributed by atoms with E-state index in [1.54, 1.807) is 7.11 Å². The van der Waals surface area contributed by atoms with Gasteiger partial charge in [-0.3, -0.25) is 4.79 Å². The SMILES string of the molecule is CCOC(c1nc(COC)c(Br)c(=O)[nH]1)C1CC1. The molecule has 1 aliphatic rings. The van der Waals surface area contributed by atoms with E-state index in [-0.39, 0.29) is 11.7 Å². The summed E-state index contributed by atoms with van der Waals surface area (Å²) < 4.78 is 11.2. The minimum atomic E-state index is -0.183. The molecule has 1 heterocycles. The van der Waals surface area contributed by atoms with E-state index in [9.17, 15) is 4.79 Å². The first-order valence-electron chi connectivity index (χ1n) is 6.06. The third kappa shape index (κ3) is 2.99. The molecular weight excluding hydrogens is 300 g/mol. The smallest absolute Gasteiger partial charge is 0.265 e. The maximum Gasteiger partial charge on any atom is 0.265 e. The number of H-pyrrole nitrogens is 1. The molecule has 0 aliphatic heterocycles. The molecular formula is C12H17BrN2O3. The van der Waals surface area contributed by atoms with Crippen LogP contribution in [-0.2, 0) is 16.1 Å². The molecule has 1 N–H and O–H groups in total. The van der Waals surface area contributed by atoms with Crippen molar-refractivity contribution in [1.29, 1.82) is 0 Å². The molecule has 1 aromatic rings. The molecule has 0 spiro atoms. The van der Waals surface area contributed by atoms with Crippen molar-refractivity contribution >= 4 is 15.9 Å². The number of rotatable bonds is 6. The lowest BCUT2D eigenvalue weighted by Crippen LogP contribution is -2.20. The van der Waals surface area contributed by atoms with Crippen molar-refractivity contribution in [2.75, 3.05) is 13.7 Å². The number of nitrogens with zero attached hydrogens (tertiary/aromatic N) is 1. The minimum absolute atomic E-state index is 0.105. The Morgan fingerprint density at radius 1 is 1.56 bits per heavy atom. The monoisotopic (exact) mass is 316 g/mol. The molecule has 0 aromatic carbocycles. The van der Waals surface area contributed by atoms with Crippen molar-refractivity contribution in [1.82, 2.24) is 9.97 Å². The van der Waals surface area contributed by atoms with Gasteiger partial charge in [-0.2, -0.15) is 0 Å². The Morgan fingerprint density at radius 3 is 2.83 bits per heavy atom. The van der Waals surface area contributed by atoms with Gasteiger partial charge in [0.1, 0.15) is 16.4 Å². The second-order valence-electron chi connectivity index (χ2n) is 4.36. The van der Waals surface area contributed by atoms with E-state index >= 15 is 0 Å². The lowest BCUT2D eigenvalue weighted by Gasteiger charge is -2.16. The summed E-state index contributed by atoms with van der Waals surface area (Å²) in [4.78, 5) is 19.1. The summed E-state index contributed by atoms with van der Waals surface area (Å²) in [7, 11) is 1.58. The number of nitrogens with one attached hydrogen (secondary N) is 1. The number of methoxy groups -OCH3 is 1. The first-order chi connectivity index (χ1) is 8.67. The summed E-state index contributed by atoms with van der Waals surface area (Å²) in [6.07, 6.45) is 2.15. The van der Waals surface area contributed by atoms with Gasteiger partial charge in [-0.15, -0.1) is 0 Å². The number of hydrogen-bond donors (Lipinski definition) is 1. The summed E-state index contributed by atoms with van der Waals surface area (Å²) in [5, 5.41) is 0. The first-order valence-corrected chi connectivity index (χ1v) is 6.85. The van der Waals surface area contributed by atoms with Gasteiger partial charge in [0, 0.05) is 13.7 Å². The van der Waals surface area contributed by atoms with Crippen molar-refractivity contribution in [2.24, 2.45) is 5.92 Å². The van der Waals surface area contributed by atoms with E-state index in [0.29, 0.717) is 35.1 Å². The lowest BCUT2D eigenvalue weighted by atomic mass is 10.2. The van der Waals surface area contributed by atoms with Crippen LogP contribution in [0.15, 0.2) is 9.27 Å². The van der Waals surface area contributed by atoms with Gasteiger partial charge < -0.3 is 14.5 Å². The highest BCUT2D eigenvalue weighted by molar-refractivity contribution is 9.10. The van der Waals surface area contributed by atoms with Gasteiger partial charge in [0.15, 0.2) is 0 Å². The van der Waals surface area contributed by atoms with Crippen molar-refractivity contribution in [3.63, 3.8) is 0 Å². The van der Waals surface area contributed by atoms with Gasteiger partial charge in [-0.1, -0.05) is 0 Å². The molecule has 5 nitrogen and oxygen atoms in total. The average Bonchev–Trinajstić information content (AvgIpc) is 3.16. The predicted molar refractivity (Wildman–Crippen MR) is 70.4 cm³/mol. The molecule has 0 radical (unpaired) electrons. The first kappa shape index (κ1) is 13.7. The molecule has 1 atom stereocenters. The molecule has 2 rings (SSSR count). The Hall–Kier alpha value is -0.720. The molecule has 0 saturated heterocycles. The van der Waals surface area contributed by atoms with Crippen LogP contribution in [-0.4, -0.2) is 23.7 Å². The van der Waals surface area contributed by atoms with Crippen molar-refractivity contribution < 1.29 is 9.47 Å². The minimum Gasteiger partial charge on any atom is -0.378 e. The van der Waals surface area contributed by atoms with Gasteiger partial charge in [0.05, 0.1) is 12.3 Å². The number of aromatic amines is 1. The molecule has 1 unspecified atom stereocenters. The van der Waals surface area contributed by atoms with E-state index in [2.05, 4.69) is 25.9 Å². The van der Waals surface area contributed by atoms with Crippen LogP contribution in [0, 0.1) is 5.92 Å². The van der Waals surface area contributed by atoms with E-state index in [1.807, 2.05) is 6.92 Å². The van der Waals surface area contributed by atoms with Gasteiger partial charge in [0.2, 0.25) is 0 Å². The molecule has 100 valence electrons. The number of hydrogen-bond acceptors (Lipinski definition) is 4. The van der Waals surface area contributed by atoms with Gasteiger partial charge in [-0.25, -0.2) is 4.98 Å². The lowest BCUT2D eigenvalue weighted by molar-refractivity contribution is 0.0393. The van der Waals surface area contributed by atoms with Gasteiger partial charge in [0.25, 0.3) is 5.56 Å². The molecule has 1 aliphatic carbocycles. The normalized spacial score (nSPS) is 16.8. The summed E-state index contributed by atoms with van der Waals surface area (Å²) in [5.41, 5.74) is 0.430. The highest BCUT2D eigenvalue weighted by atomic mass is 79.9. The molecule has 1 saturated carbocycles. The van der Waals surface area contributed by atoms with E-state index in [1.165, 1.54) is 0 Å². The fourth-order valence-electron chi connectivity index (χ4n) is 1.91. The average molecular weight is 317 g/mol. The fourth-order valence-corrected chi connectivity index (χ4v) is 2.21. The Bertz CT molecular complexity index is 471. The van der Waals surface area contributed by atoms with Crippen LogP contribution < -0.4 is 5.56 Å². The van der Waals surface area contributed by atoms with Crippen molar-refractivity contribution in [3.05, 3.63) is 26.3 Å². The summed E-state index contributed by atoms with van der Waals surface area (Å²) in [6, 6.07) is 0. The van der Waals surface area contributed by atoms with Crippen LogP contribution >= 0.6 is 15.9 Å². The largest absolute Gasteiger partial charge is 0.378 e. The van der Waals surface area contributed by atoms with E-state index in [0.717, 1.165) is 12.8 Å². The van der Waals surface area contributed by atoms with Crippen LogP contribution in [0.2, 0.25) is 0 Å². The zero-order valence-electron chi connectivity index (χ0n) is 10.5. The van der Waals surface area contributed by atoms with Gasteiger partial charge in [-0.05, 0) is 41.6 Å². The second-order valence-corrected chi connectivity index (χ2v) is 5.15. The molecule has 0 bridgehead atoms. The van der Waals surface area contributed by atoms with Crippen LogP contribution in [0.3, 0.4) is 0 Å². The maximum atomic E-state index is 11.8. The quantitative estimate of drug-likeness (QED) is 0.873. The standard InChI is InChI=1S/C12H17BrN2O3/c1-3-18-10(7-4-5-7)11-14-8(6-17-2)9(13)12(16)15-11/h7,10H,3-6H2,1-2H3,(H,14,15,16). The summed E-state index contributed by atoms with van der Waals surface area (Å²) in [5.74, 6) is 1.09. The zero-order chi connectivity index (χ0) is 13.1. The fraction of sp³-hybridized carbons (Fsp3) is 0.667. The van der Waals surface area contributed by atoms with Gasteiger partial charge >= 0.3 is 0 Å². The Labute approximate surface area is 114 Å². The molecule has 1 fully saturated rings. The predicted octanol–water partition coefficient (Wildman–Crippen LogP) is 2.17. The highest BCUT2D eigenvalue weighted by Crippen LogP contribution is 2.42. The molecule has 6 heteroatoms. The van der Waals surface area contributed by atoms with Crippen LogP contribution in [0.25, 0.3) is 0 Å². The number of halogens is 1. The summed E-state index contributed by atoms with van der Waals surface area (Å²) in [6.45, 7) is 2.87. The molecule has 18 heavy (non-hydrogen) atoms. The third-order valence-electron chi connectivity index (χ3n) is 2.90. The van der Waals surface area contributed by atoms with Crippen LogP contribution in [0.4, 0.5) is 0 Å². The second kappa shape index (κ2) is 5.95. The third-order valence-corrected chi connectivity index (χ3v) is 3.71. The van der Waals surface area contributed by atoms with Crippen molar-refractivity contribution in [3.8, 4) is 0 Å². The summed E-state index contributed by atoms with van der Waals surface area (Å²) >= 11 is 3.23. The molecule has 0 amide bonds. The van der Waals surface area contributed by atoms with E-state index < -0.39 is 0 Å². The highest BCUT2D eigenvalue weighted by Gasteiger charge is 2.35. The van der Waals surface area contributed by atoms with Crippen LogP contribution in [0.5, 0.6) is 0 Å². The van der Waals surface area contributed by atoms with Crippen molar-refractivity contribution in [2.45, 2.75) is 32.5 Å². The van der Waals surface area contributed by atoms with E-state index in [4.69, 9.17) is 9.47 Å². The molecule has 1 aromatic heterocycles. The Kier molecular flexibility index (Phi) is 4.53. The van der Waals surface area contributed by atoms with Crippen LogP contribution in [0.1, 0.15) is 37.4 Å². The topological polar surface area (TPSA) is 64.2 Å². The Morgan fingerprint density at radius 2 is 2.28 bits per heavy atom.